The van der Waals surface area contributed by atoms with Gasteiger partial charge in [0.1, 0.15) is 34.5 Å². The van der Waals surface area contributed by atoms with Crippen molar-refractivity contribution in [2.75, 3.05) is 0 Å². The number of hydrogen-bond donors (Lipinski definition) is 0. The third kappa shape index (κ3) is 6.11. The van der Waals surface area contributed by atoms with Gasteiger partial charge in [-0.05, 0) is 53.7 Å². The predicted octanol–water partition coefficient (Wildman–Crippen LogP) is 6.34. The summed E-state index contributed by atoms with van der Waals surface area (Å²) in [6.07, 6.45) is 0. The maximum Gasteiger partial charge on any atom is 0.338 e. The highest BCUT2D eigenvalue weighted by molar-refractivity contribution is 5.93. The van der Waals surface area contributed by atoms with Crippen molar-refractivity contribution in [3.05, 3.63) is 83.7 Å². The average molecular weight is 437 g/mol. The van der Waals surface area contributed by atoms with E-state index >= 15 is 0 Å². The van der Waals surface area contributed by atoms with Crippen molar-refractivity contribution in [1.82, 2.24) is 0 Å². The molecule has 0 spiro atoms. The fraction of sp³-hybridized carbons (Fsp3) is 0.231. The molecule has 168 valence electrons. The topological polar surface area (TPSA) is 71.1 Å². The Balaban J connectivity index is 2.35. The summed E-state index contributed by atoms with van der Waals surface area (Å²) < 4.78 is 22.5. The van der Waals surface area contributed by atoms with Crippen LogP contribution < -0.4 is 9.47 Å². The second-order valence-corrected chi connectivity index (χ2v) is 7.38. The highest BCUT2D eigenvalue weighted by atomic mass is 16.6. The lowest BCUT2D eigenvalue weighted by atomic mass is 10.1. The highest BCUT2D eigenvalue weighted by Gasteiger charge is 2.14. The normalized spacial score (nSPS) is 12.3. The first kappa shape index (κ1) is 24.5. The number of allylic oxidation sites excluding steroid dienone is 4. The quantitative estimate of drug-likeness (QED) is 0.273. The number of hydrogen-bond acceptors (Lipinski definition) is 6. The molecule has 0 saturated carbocycles. The Labute approximate surface area is 188 Å². The van der Waals surface area contributed by atoms with E-state index in [1.807, 2.05) is 24.3 Å². The van der Waals surface area contributed by atoms with Gasteiger partial charge in [-0.2, -0.15) is 0 Å². The zero-order chi connectivity index (χ0) is 24.0. The molecule has 0 radical (unpaired) electrons. The molecule has 0 atom stereocenters. The largest absolute Gasteiger partial charge is 0.458 e. The third-order valence-corrected chi connectivity index (χ3v) is 4.55. The summed E-state index contributed by atoms with van der Waals surface area (Å²) in [5.41, 5.74) is 0.605. The standard InChI is InChI=1S/C26H28O6/c1-15(2)25(27)31-19(7)17(5)29-23-13-14-24(22-12-10-9-11-21(22)23)30-18(6)20(8)32-26(28)16(3)4/h9-14H,1,3H2,2,4-8H3. The van der Waals surface area contributed by atoms with E-state index in [1.54, 1.807) is 53.7 Å². The zero-order valence-electron chi connectivity index (χ0n) is 19.3. The Morgan fingerprint density at radius 2 is 0.938 bits per heavy atom. The van der Waals surface area contributed by atoms with E-state index in [1.165, 1.54) is 0 Å². The molecule has 0 aliphatic heterocycles. The first-order valence-electron chi connectivity index (χ1n) is 9.99. The molecule has 0 aliphatic carbocycles. The van der Waals surface area contributed by atoms with Gasteiger partial charge >= 0.3 is 11.9 Å². The van der Waals surface area contributed by atoms with Crippen molar-refractivity contribution in [3.63, 3.8) is 0 Å². The summed E-state index contributed by atoms with van der Waals surface area (Å²) in [5.74, 6) is 1.70. The van der Waals surface area contributed by atoms with Gasteiger partial charge in [0.15, 0.2) is 0 Å². The number of fused-ring (bicyclic) bond motifs is 1. The maximum absolute atomic E-state index is 11.8. The van der Waals surface area contributed by atoms with Crippen molar-refractivity contribution in [3.8, 4) is 11.5 Å². The van der Waals surface area contributed by atoms with E-state index in [0.717, 1.165) is 10.8 Å². The molecule has 0 unspecified atom stereocenters. The minimum Gasteiger partial charge on any atom is -0.458 e. The molecule has 0 aliphatic rings. The van der Waals surface area contributed by atoms with Gasteiger partial charge in [-0.1, -0.05) is 37.4 Å². The fourth-order valence-corrected chi connectivity index (χ4v) is 2.49. The van der Waals surface area contributed by atoms with E-state index in [-0.39, 0.29) is 0 Å². The van der Waals surface area contributed by atoms with Gasteiger partial charge in [0.2, 0.25) is 0 Å². The van der Waals surface area contributed by atoms with Crippen LogP contribution in [0.3, 0.4) is 0 Å². The van der Waals surface area contributed by atoms with Gasteiger partial charge in [0.05, 0.1) is 0 Å². The van der Waals surface area contributed by atoms with Crippen LogP contribution in [0, 0.1) is 0 Å². The number of benzene rings is 2. The molecule has 0 aromatic heterocycles. The predicted molar refractivity (Wildman–Crippen MR) is 124 cm³/mol. The number of carbonyl (C=O) groups is 2. The Hall–Kier alpha value is -3.80. The summed E-state index contributed by atoms with van der Waals surface area (Å²) in [4.78, 5) is 23.5. The Morgan fingerprint density at radius 3 is 1.25 bits per heavy atom. The maximum atomic E-state index is 11.8. The van der Waals surface area contributed by atoms with Crippen LogP contribution in [0.4, 0.5) is 0 Å². The Morgan fingerprint density at radius 1 is 0.594 bits per heavy atom. The third-order valence-electron chi connectivity index (χ3n) is 4.55. The summed E-state index contributed by atoms with van der Waals surface area (Å²) in [5, 5.41) is 1.60. The molecule has 2 aromatic carbocycles. The molecule has 0 saturated heterocycles. The van der Waals surface area contributed by atoms with Crippen LogP contribution in [0.15, 0.2) is 83.7 Å². The van der Waals surface area contributed by atoms with Crippen LogP contribution in [-0.2, 0) is 19.1 Å². The molecule has 6 heteroatoms. The lowest BCUT2D eigenvalue weighted by Gasteiger charge is -2.16. The average Bonchev–Trinajstić information content (AvgIpc) is 2.74. The van der Waals surface area contributed by atoms with E-state index in [0.29, 0.717) is 45.7 Å². The monoisotopic (exact) mass is 436 g/mol. The number of ether oxygens (including phenoxy) is 4. The molecule has 0 heterocycles. The number of carbonyl (C=O) groups excluding carboxylic acids is 2. The van der Waals surface area contributed by atoms with Crippen molar-refractivity contribution in [2.45, 2.75) is 41.5 Å². The summed E-state index contributed by atoms with van der Waals surface area (Å²) in [7, 11) is 0. The zero-order valence-corrected chi connectivity index (χ0v) is 19.3. The van der Waals surface area contributed by atoms with Crippen LogP contribution in [0.1, 0.15) is 41.5 Å². The molecule has 0 bridgehead atoms. The molecule has 0 N–H and O–H groups in total. The Kier molecular flexibility index (Phi) is 8.02. The van der Waals surface area contributed by atoms with E-state index in [2.05, 4.69) is 13.2 Å². The van der Waals surface area contributed by atoms with E-state index in [4.69, 9.17) is 18.9 Å². The second-order valence-electron chi connectivity index (χ2n) is 7.38. The van der Waals surface area contributed by atoms with Crippen LogP contribution in [0.5, 0.6) is 11.5 Å². The lowest BCUT2D eigenvalue weighted by Crippen LogP contribution is -2.07. The molecule has 0 fully saturated rings. The van der Waals surface area contributed by atoms with Crippen molar-refractivity contribution >= 4 is 22.7 Å². The first-order valence-corrected chi connectivity index (χ1v) is 9.99. The minimum absolute atomic E-state index is 0.303. The van der Waals surface area contributed by atoms with E-state index in [9.17, 15) is 9.59 Å². The molecular weight excluding hydrogens is 408 g/mol. The number of rotatable bonds is 8. The molecule has 32 heavy (non-hydrogen) atoms. The van der Waals surface area contributed by atoms with Gasteiger partial charge in [-0.15, -0.1) is 0 Å². The van der Waals surface area contributed by atoms with Crippen LogP contribution >= 0.6 is 0 Å². The van der Waals surface area contributed by atoms with Crippen molar-refractivity contribution in [2.24, 2.45) is 0 Å². The minimum atomic E-state index is -0.510. The second kappa shape index (κ2) is 10.5. The van der Waals surface area contributed by atoms with Gasteiger partial charge < -0.3 is 18.9 Å². The first-order chi connectivity index (χ1) is 15.0. The van der Waals surface area contributed by atoms with Gasteiger partial charge in [0.25, 0.3) is 0 Å². The van der Waals surface area contributed by atoms with Gasteiger partial charge in [-0.25, -0.2) is 9.59 Å². The molecule has 2 rings (SSSR count). The van der Waals surface area contributed by atoms with Crippen molar-refractivity contribution < 1.29 is 28.5 Å². The SMILES string of the molecule is C=C(C)C(=O)OC(C)=C(C)Oc1ccc(OC(C)=C(C)OC(=O)C(=C)C)c2ccccc12. The molecule has 2 aromatic rings. The van der Waals surface area contributed by atoms with Crippen LogP contribution in [-0.4, -0.2) is 11.9 Å². The fourth-order valence-electron chi connectivity index (χ4n) is 2.49. The molecular formula is C26H28O6. The smallest absolute Gasteiger partial charge is 0.338 e. The summed E-state index contributed by atoms with van der Waals surface area (Å²) >= 11 is 0. The van der Waals surface area contributed by atoms with Gasteiger partial charge in [-0.3, -0.25) is 0 Å². The Bertz CT molecular complexity index is 1060. The molecule has 0 amide bonds. The van der Waals surface area contributed by atoms with Crippen LogP contribution in [0.2, 0.25) is 0 Å². The van der Waals surface area contributed by atoms with E-state index < -0.39 is 11.9 Å². The number of esters is 2. The summed E-state index contributed by atoms with van der Waals surface area (Å²) in [6, 6.07) is 11.1. The highest BCUT2D eigenvalue weighted by Crippen LogP contribution is 2.35. The molecule has 6 nitrogen and oxygen atoms in total. The van der Waals surface area contributed by atoms with Crippen LogP contribution in [0.25, 0.3) is 10.8 Å². The van der Waals surface area contributed by atoms with Gasteiger partial charge in [0, 0.05) is 21.9 Å². The summed E-state index contributed by atoms with van der Waals surface area (Å²) in [6.45, 7) is 17.0. The van der Waals surface area contributed by atoms with Crippen molar-refractivity contribution in [1.29, 1.82) is 0 Å². The lowest BCUT2D eigenvalue weighted by molar-refractivity contribution is -0.136.